The van der Waals surface area contributed by atoms with Crippen molar-refractivity contribution >= 4 is 10.9 Å². The molecular formula is C12H14N2O. The zero-order valence-corrected chi connectivity index (χ0v) is 8.43. The molecule has 3 heteroatoms. The van der Waals surface area contributed by atoms with Gasteiger partial charge in [0.1, 0.15) is 0 Å². The molecule has 0 spiro atoms. The van der Waals surface area contributed by atoms with Crippen molar-refractivity contribution < 1.29 is 5.11 Å². The van der Waals surface area contributed by atoms with Gasteiger partial charge in [0.25, 0.3) is 0 Å². The number of hydrogen-bond acceptors (Lipinski definition) is 3. The van der Waals surface area contributed by atoms with Gasteiger partial charge in [-0.1, -0.05) is 24.3 Å². The minimum absolute atomic E-state index is 0.0929. The monoisotopic (exact) mass is 202 g/mol. The number of nitrogens with zero attached hydrogens (tertiary/aromatic N) is 1. The van der Waals surface area contributed by atoms with Gasteiger partial charge in [0.05, 0.1) is 11.2 Å². The molecule has 1 aromatic carbocycles. The molecular weight excluding hydrogens is 188 g/mol. The maximum Gasteiger partial charge on any atom is 0.0706 e. The van der Waals surface area contributed by atoms with Crippen LogP contribution in [0, 0.1) is 0 Å². The first-order valence-electron chi connectivity index (χ1n) is 5.03. The Balaban J connectivity index is 2.38. The minimum atomic E-state index is -0.181. The average molecular weight is 202 g/mol. The SMILES string of the molecule is NC(CCO)c1ccc2ccccc2n1. The number of fused-ring (bicyclic) bond motifs is 1. The number of aliphatic hydroxyl groups excluding tert-OH is 1. The number of nitrogens with two attached hydrogens (primary N) is 1. The van der Waals surface area contributed by atoms with E-state index in [0.29, 0.717) is 6.42 Å². The Morgan fingerprint density at radius 3 is 2.80 bits per heavy atom. The fraction of sp³-hybridized carbons (Fsp3) is 0.250. The van der Waals surface area contributed by atoms with Gasteiger partial charge in [-0.2, -0.15) is 0 Å². The summed E-state index contributed by atoms with van der Waals surface area (Å²) in [6, 6.07) is 11.7. The highest BCUT2D eigenvalue weighted by Crippen LogP contribution is 2.16. The van der Waals surface area contributed by atoms with Gasteiger partial charge >= 0.3 is 0 Å². The zero-order chi connectivity index (χ0) is 10.7. The first kappa shape index (κ1) is 10.1. The number of pyridine rings is 1. The lowest BCUT2D eigenvalue weighted by atomic mass is 10.1. The molecule has 15 heavy (non-hydrogen) atoms. The fourth-order valence-corrected chi connectivity index (χ4v) is 1.58. The summed E-state index contributed by atoms with van der Waals surface area (Å²) in [6.45, 7) is 0.0929. The van der Waals surface area contributed by atoms with Crippen LogP contribution < -0.4 is 5.73 Å². The first-order chi connectivity index (χ1) is 7.31. The normalized spacial score (nSPS) is 12.9. The lowest BCUT2D eigenvalue weighted by Crippen LogP contribution is -2.13. The molecule has 0 saturated carbocycles. The van der Waals surface area contributed by atoms with Gasteiger partial charge in [-0.25, -0.2) is 0 Å². The highest BCUT2D eigenvalue weighted by Gasteiger charge is 2.06. The van der Waals surface area contributed by atoms with Gasteiger partial charge < -0.3 is 10.8 Å². The van der Waals surface area contributed by atoms with Gasteiger partial charge in [0.15, 0.2) is 0 Å². The zero-order valence-electron chi connectivity index (χ0n) is 8.43. The number of benzene rings is 1. The maximum absolute atomic E-state index is 8.80. The highest BCUT2D eigenvalue weighted by atomic mass is 16.3. The molecule has 0 amide bonds. The average Bonchev–Trinajstić information content (AvgIpc) is 2.29. The molecule has 1 heterocycles. The molecule has 3 N–H and O–H groups in total. The number of aromatic nitrogens is 1. The smallest absolute Gasteiger partial charge is 0.0706 e. The van der Waals surface area contributed by atoms with E-state index < -0.39 is 0 Å². The number of para-hydroxylation sites is 1. The lowest BCUT2D eigenvalue weighted by molar-refractivity contribution is 0.275. The number of rotatable bonds is 3. The van der Waals surface area contributed by atoms with Crippen molar-refractivity contribution in [3.63, 3.8) is 0 Å². The summed E-state index contributed by atoms with van der Waals surface area (Å²) in [4.78, 5) is 4.46. The molecule has 0 radical (unpaired) electrons. The molecule has 1 atom stereocenters. The van der Waals surface area contributed by atoms with Crippen molar-refractivity contribution in [1.29, 1.82) is 0 Å². The Kier molecular flexibility index (Phi) is 2.94. The molecule has 0 aliphatic heterocycles. The van der Waals surface area contributed by atoms with E-state index in [2.05, 4.69) is 4.98 Å². The summed E-state index contributed by atoms with van der Waals surface area (Å²) in [5.41, 5.74) is 7.66. The van der Waals surface area contributed by atoms with E-state index in [1.165, 1.54) is 0 Å². The third-order valence-corrected chi connectivity index (χ3v) is 2.44. The molecule has 1 unspecified atom stereocenters. The van der Waals surface area contributed by atoms with Crippen LogP contribution in [0.1, 0.15) is 18.2 Å². The number of aliphatic hydroxyl groups is 1. The van der Waals surface area contributed by atoms with E-state index >= 15 is 0 Å². The van der Waals surface area contributed by atoms with Crippen molar-refractivity contribution in [3.8, 4) is 0 Å². The Morgan fingerprint density at radius 1 is 1.20 bits per heavy atom. The molecule has 3 nitrogen and oxygen atoms in total. The van der Waals surface area contributed by atoms with Gasteiger partial charge in [0, 0.05) is 18.0 Å². The molecule has 1 aromatic heterocycles. The molecule has 2 aromatic rings. The fourth-order valence-electron chi connectivity index (χ4n) is 1.58. The third kappa shape index (κ3) is 2.14. The van der Waals surface area contributed by atoms with Gasteiger partial charge in [-0.3, -0.25) is 4.98 Å². The van der Waals surface area contributed by atoms with Crippen LogP contribution in [0.5, 0.6) is 0 Å². The van der Waals surface area contributed by atoms with Crippen molar-refractivity contribution in [2.45, 2.75) is 12.5 Å². The van der Waals surface area contributed by atoms with Crippen LogP contribution in [0.4, 0.5) is 0 Å². The molecule has 0 aliphatic rings. The summed E-state index contributed by atoms with van der Waals surface area (Å²) >= 11 is 0. The van der Waals surface area contributed by atoms with Crippen LogP contribution in [-0.2, 0) is 0 Å². The first-order valence-corrected chi connectivity index (χ1v) is 5.03. The molecule has 0 saturated heterocycles. The van der Waals surface area contributed by atoms with E-state index in [9.17, 15) is 0 Å². The standard InChI is InChI=1S/C12H14N2O/c13-10(7-8-15)12-6-5-9-3-1-2-4-11(9)14-12/h1-6,10,15H,7-8,13H2. The van der Waals surface area contributed by atoms with E-state index in [0.717, 1.165) is 16.6 Å². The lowest BCUT2D eigenvalue weighted by Gasteiger charge is -2.09. The Labute approximate surface area is 88.6 Å². The molecule has 0 aliphatic carbocycles. The van der Waals surface area contributed by atoms with E-state index in [1.54, 1.807) is 0 Å². The Hall–Kier alpha value is -1.45. The quantitative estimate of drug-likeness (QED) is 0.795. The van der Waals surface area contributed by atoms with Crippen LogP contribution in [-0.4, -0.2) is 16.7 Å². The summed E-state index contributed by atoms with van der Waals surface area (Å²) in [6.07, 6.45) is 0.547. The van der Waals surface area contributed by atoms with Crippen molar-refractivity contribution in [2.24, 2.45) is 5.73 Å². The highest BCUT2D eigenvalue weighted by molar-refractivity contribution is 5.78. The van der Waals surface area contributed by atoms with Crippen molar-refractivity contribution in [1.82, 2.24) is 4.98 Å². The Morgan fingerprint density at radius 2 is 2.00 bits per heavy atom. The predicted octanol–water partition coefficient (Wildman–Crippen LogP) is 1.62. The number of hydrogen-bond donors (Lipinski definition) is 2. The topological polar surface area (TPSA) is 59.1 Å². The summed E-state index contributed by atoms with van der Waals surface area (Å²) in [5, 5.41) is 9.91. The Bertz CT molecular complexity index is 456. The van der Waals surface area contributed by atoms with Crippen LogP contribution >= 0.6 is 0 Å². The van der Waals surface area contributed by atoms with E-state index in [4.69, 9.17) is 10.8 Å². The maximum atomic E-state index is 8.80. The molecule has 0 fully saturated rings. The van der Waals surface area contributed by atoms with Gasteiger partial charge in [0.2, 0.25) is 0 Å². The van der Waals surface area contributed by atoms with Gasteiger partial charge in [-0.05, 0) is 18.6 Å². The van der Waals surface area contributed by atoms with E-state index in [1.807, 2.05) is 36.4 Å². The summed E-state index contributed by atoms with van der Waals surface area (Å²) in [5.74, 6) is 0. The van der Waals surface area contributed by atoms with Crippen LogP contribution in [0.15, 0.2) is 36.4 Å². The molecule has 78 valence electrons. The van der Waals surface area contributed by atoms with Crippen LogP contribution in [0.2, 0.25) is 0 Å². The van der Waals surface area contributed by atoms with Gasteiger partial charge in [-0.15, -0.1) is 0 Å². The van der Waals surface area contributed by atoms with Crippen LogP contribution in [0.25, 0.3) is 10.9 Å². The largest absolute Gasteiger partial charge is 0.396 e. The molecule has 2 rings (SSSR count). The predicted molar refractivity (Wildman–Crippen MR) is 60.4 cm³/mol. The second-order valence-electron chi connectivity index (χ2n) is 3.55. The molecule has 0 bridgehead atoms. The van der Waals surface area contributed by atoms with Crippen molar-refractivity contribution in [2.75, 3.05) is 6.61 Å². The summed E-state index contributed by atoms with van der Waals surface area (Å²) < 4.78 is 0. The van der Waals surface area contributed by atoms with E-state index in [-0.39, 0.29) is 12.6 Å². The van der Waals surface area contributed by atoms with Crippen LogP contribution in [0.3, 0.4) is 0 Å². The van der Waals surface area contributed by atoms with Crippen molar-refractivity contribution in [3.05, 3.63) is 42.1 Å². The minimum Gasteiger partial charge on any atom is -0.396 e. The summed E-state index contributed by atoms with van der Waals surface area (Å²) in [7, 11) is 0. The second kappa shape index (κ2) is 4.38. The third-order valence-electron chi connectivity index (χ3n) is 2.44. The second-order valence-corrected chi connectivity index (χ2v) is 3.55.